The summed E-state index contributed by atoms with van der Waals surface area (Å²) in [5.41, 5.74) is 1.69. The van der Waals surface area contributed by atoms with Gasteiger partial charge in [0.1, 0.15) is 6.10 Å². The Balaban J connectivity index is 1.50. The van der Waals surface area contributed by atoms with Crippen LogP contribution in [-0.2, 0) is 0 Å². The van der Waals surface area contributed by atoms with Crippen molar-refractivity contribution in [1.82, 2.24) is 9.88 Å². The van der Waals surface area contributed by atoms with Crippen molar-refractivity contribution in [2.24, 2.45) is 0 Å². The first-order chi connectivity index (χ1) is 12.2. The van der Waals surface area contributed by atoms with Crippen molar-refractivity contribution in [1.29, 1.82) is 0 Å². The van der Waals surface area contributed by atoms with Gasteiger partial charge < -0.3 is 9.64 Å². The molecular weight excluding hydrogens is 312 g/mol. The summed E-state index contributed by atoms with van der Waals surface area (Å²) in [5, 5.41) is 2.09. The quantitative estimate of drug-likeness (QED) is 0.732. The Morgan fingerprint density at radius 1 is 1.08 bits per heavy atom. The standard InChI is InChI=1S/C21H20N2O2/c1-15-6-4-11-20(22-15)25-17-12-13-23(14-17)21(24)19-10-5-8-16-7-2-3-9-18(16)19/h2-11,17H,12-14H2,1H3. The normalized spacial score (nSPS) is 17.0. The van der Waals surface area contributed by atoms with Crippen LogP contribution in [0.25, 0.3) is 10.8 Å². The maximum atomic E-state index is 13.0. The minimum absolute atomic E-state index is 0.00627. The van der Waals surface area contributed by atoms with Gasteiger partial charge >= 0.3 is 0 Å². The number of ether oxygens (including phenoxy) is 1. The molecule has 3 aromatic rings. The van der Waals surface area contributed by atoms with Gasteiger partial charge in [0.2, 0.25) is 5.88 Å². The number of nitrogens with zero attached hydrogens (tertiary/aromatic N) is 2. The average Bonchev–Trinajstić information content (AvgIpc) is 3.09. The van der Waals surface area contributed by atoms with Crippen molar-refractivity contribution < 1.29 is 9.53 Å². The van der Waals surface area contributed by atoms with Crippen LogP contribution in [0, 0.1) is 6.92 Å². The number of amides is 1. The summed E-state index contributed by atoms with van der Waals surface area (Å²) in [5.74, 6) is 0.699. The molecule has 25 heavy (non-hydrogen) atoms. The second-order valence-corrected chi connectivity index (χ2v) is 6.42. The Kier molecular flexibility index (Phi) is 4.10. The first-order valence-corrected chi connectivity index (χ1v) is 8.58. The number of carbonyl (C=O) groups is 1. The van der Waals surface area contributed by atoms with Gasteiger partial charge in [-0.2, -0.15) is 0 Å². The van der Waals surface area contributed by atoms with Gasteiger partial charge in [-0.1, -0.05) is 42.5 Å². The van der Waals surface area contributed by atoms with E-state index < -0.39 is 0 Å². The van der Waals surface area contributed by atoms with Crippen LogP contribution in [0.4, 0.5) is 0 Å². The number of aromatic nitrogens is 1. The van der Waals surface area contributed by atoms with Crippen LogP contribution in [-0.4, -0.2) is 35.0 Å². The van der Waals surface area contributed by atoms with E-state index in [-0.39, 0.29) is 12.0 Å². The number of benzene rings is 2. The smallest absolute Gasteiger partial charge is 0.254 e. The molecule has 1 aliphatic rings. The third-order valence-corrected chi connectivity index (χ3v) is 4.60. The van der Waals surface area contributed by atoms with E-state index in [1.165, 1.54) is 0 Å². The van der Waals surface area contributed by atoms with E-state index in [1.54, 1.807) is 0 Å². The highest BCUT2D eigenvalue weighted by Crippen LogP contribution is 2.23. The first kappa shape index (κ1) is 15.6. The molecule has 0 saturated carbocycles. The largest absolute Gasteiger partial charge is 0.472 e. The number of likely N-dealkylation sites (tertiary alicyclic amines) is 1. The summed E-state index contributed by atoms with van der Waals surface area (Å²) in [6.07, 6.45) is 0.819. The van der Waals surface area contributed by atoms with Crippen molar-refractivity contribution in [3.05, 3.63) is 71.9 Å². The molecule has 1 atom stereocenters. The number of aryl methyl sites for hydroxylation is 1. The van der Waals surface area contributed by atoms with Crippen LogP contribution in [0.3, 0.4) is 0 Å². The lowest BCUT2D eigenvalue weighted by molar-refractivity contribution is 0.0773. The van der Waals surface area contributed by atoms with Gasteiger partial charge in [0, 0.05) is 30.3 Å². The topological polar surface area (TPSA) is 42.4 Å². The SMILES string of the molecule is Cc1cccc(OC2CCN(C(=O)c3cccc4ccccc34)C2)n1. The predicted molar refractivity (Wildman–Crippen MR) is 97.9 cm³/mol. The summed E-state index contributed by atoms with van der Waals surface area (Å²) in [6, 6.07) is 19.6. The Hall–Kier alpha value is -2.88. The van der Waals surface area contributed by atoms with E-state index in [0.717, 1.165) is 28.5 Å². The summed E-state index contributed by atoms with van der Waals surface area (Å²) >= 11 is 0. The maximum Gasteiger partial charge on any atom is 0.254 e. The highest BCUT2D eigenvalue weighted by Gasteiger charge is 2.29. The number of carbonyl (C=O) groups excluding carboxylic acids is 1. The Morgan fingerprint density at radius 3 is 2.76 bits per heavy atom. The highest BCUT2D eigenvalue weighted by molar-refractivity contribution is 6.07. The van der Waals surface area contributed by atoms with E-state index in [4.69, 9.17) is 4.74 Å². The molecule has 0 radical (unpaired) electrons. The zero-order valence-corrected chi connectivity index (χ0v) is 14.2. The van der Waals surface area contributed by atoms with E-state index >= 15 is 0 Å². The second kappa shape index (κ2) is 6.55. The first-order valence-electron chi connectivity index (χ1n) is 8.58. The summed E-state index contributed by atoms with van der Waals surface area (Å²) in [4.78, 5) is 19.2. The van der Waals surface area contributed by atoms with Gasteiger partial charge in [0.25, 0.3) is 5.91 Å². The van der Waals surface area contributed by atoms with Crippen LogP contribution >= 0.6 is 0 Å². The number of hydrogen-bond acceptors (Lipinski definition) is 3. The summed E-state index contributed by atoms with van der Waals surface area (Å²) in [7, 11) is 0. The van der Waals surface area contributed by atoms with Crippen molar-refractivity contribution in [3.8, 4) is 5.88 Å². The zero-order chi connectivity index (χ0) is 17.2. The number of hydrogen-bond donors (Lipinski definition) is 0. The number of rotatable bonds is 3. The Bertz CT molecular complexity index is 917. The molecule has 4 rings (SSSR count). The number of pyridine rings is 1. The third-order valence-electron chi connectivity index (χ3n) is 4.60. The van der Waals surface area contributed by atoms with Gasteiger partial charge in [-0.3, -0.25) is 4.79 Å². The zero-order valence-electron chi connectivity index (χ0n) is 14.2. The van der Waals surface area contributed by atoms with Crippen LogP contribution in [0.5, 0.6) is 5.88 Å². The van der Waals surface area contributed by atoms with Crippen molar-refractivity contribution >= 4 is 16.7 Å². The lowest BCUT2D eigenvalue weighted by atomic mass is 10.0. The molecule has 4 nitrogen and oxygen atoms in total. The minimum Gasteiger partial charge on any atom is -0.472 e. The Morgan fingerprint density at radius 2 is 1.88 bits per heavy atom. The Labute approximate surface area is 147 Å². The molecule has 2 heterocycles. The molecule has 0 N–H and O–H groups in total. The van der Waals surface area contributed by atoms with Crippen molar-refractivity contribution in [3.63, 3.8) is 0 Å². The fraction of sp³-hybridized carbons (Fsp3) is 0.238. The molecule has 2 aromatic carbocycles. The van der Waals surface area contributed by atoms with Gasteiger partial charge in [-0.25, -0.2) is 4.98 Å². The molecule has 0 bridgehead atoms. The van der Waals surface area contributed by atoms with Crippen LogP contribution in [0.1, 0.15) is 22.5 Å². The van der Waals surface area contributed by atoms with Gasteiger partial charge in [0.05, 0.1) is 6.54 Å². The third kappa shape index (κ3) is 3.20. The molecule has 1 unspecified atom stereocenters. The monoisotopic (exact) mass is 332 g/mol. The summed E-state index contributed by atoms with van der Waals surface area (Å²) in [6.45, 7) is 3.24. The van der Waals surface area contributed by atoms with E-state index in [9.17, 15) is 4.79 Å². The van der Waals surface area contributed by atoms with Gasteiger partial charge in [0.15, 0.2) is 0 Å². The fourth-order valence-corrected chi connectivity index (χ4v) is 3.35. The summed E-state index contributed by atoms with van der Waals surface area (Å²) < 4.78 is 5.95. The van der Waals surface area contributed by atoms with Gasteiger partial charge in [-0.15, -0.1) is 0 Å². The molecule has 4 heteroatoms. The lowest BCUT2D eigenvalue weighted by Gasteiger charge is -2.18. The van der Waals surface area contributed by atoms with Crippen LogP contribution in [0.15, 0.2) is 60.7 Å². The molecule has 0 aliphatic carbocycles. The van der Waals surface area contributed by atoms with Crippen LogP contribution in [0.2, 0.25) is 0 Å². The molecule has 1 amide bonds. The molecule has 1 saturated heterocycles. The predicted octanol–water partition coefficient (Wildman–Crippen LogP) is 3.84. The second-order valence-electron chi connectivity index (χ2n) is 6.42. The molecule has 1 aliphatic heterocycles. The van der Waals surface area contributed by atoms with Crippen molar-refractivity contribution in [2.45, 2.75) is 19.4 Å². The average molecular weight is 332 g/mol. The molecular formula is C21H20N2O2. The van der Waals surface area contributed by atoms with E-state index in [1.807, 2.05) is 72.5 Å². The lowest BCUT2D eigenvalue weighted by Crippen LogP contribution is -2.31. The molecule has 1 fully saturated rings. The van der Waals surface area contributed by atoms with E-state index in [0.29, 0.717) is 19.0 Å². The fourth-order valence-electron chi connectivity index (χ4n) is 3.35. The molecule has 0 spiro atoms. The van der Waals surface area contributed by atoms with E-state index in [2.05, 4.69) is 4.98 Å². The minimum atomic E-state index is -0.00627. The maximum absolute atomic E-state index is 13.0. The molecule has 1 aromatic heterocycles. The van der Waals surface area contributed by atoms with Gasteiger partial charge in [-0.05, 0) is 29.8 Å². The van der Waals surface area contributed by atoms with Crippen molar-refractivity contribution in [2.75, 3.05) is 13.1 Å². The number of fused-ring (bicyclic) bond motifs is 1. The highest BCUT2D eigenvalue weighted by atomic mass is 16.5. The van der Waals surface area contributed by atoms with Crippen LogP contribution < -0.4 is 4.74 Å². The molecule has 126 valence electrons.